The van der Waals surface area contributed by atoms with Gasteiger partial charge in [-0.1, -0.05) is 6.07 Å². The van der Waals surface area contributed by atoms with Crippen molar-refractivity contribution in [3.05, 3.63) is 30.1 Å². The van der Waals surface area contributed by atoms with E-state index in [9.17, 15) is 12.8 Å². The highest BCUT2D eigenvalue weighted by Gasteiger charge is 2.44. The number of nitrogens with zero attached hydrogens (tertiary/aromatic N) is 2. The van der Waals surface area contributed by atoms with Crippen LogP contribution in [0.25, 0.3) is 0 Å². The second-order valence-electron chi connectivity index (χ2n) is 6.65. The van der Waals surface area contributed by atoms with E-state index < -0.39 is 15.8 Å². The second kappa shape index (κ2) is 5.81. The van der Waals surface area contributed by atoms with Gasteiger partial charge >= 0.3 is 0 Å². The highest BCUT2D eigenvalue weighted by molar-refractivity contribution is 7.89. The third-order valence-corrected chi connectivity index (χ3v) is 6.98. The lowest BCUT2D eigenvalue weighted by Crippen LogP contribution is -2.63. The molecule has 0 spiro atoms. The summed E-state index contributed by atoms with van der Waals surface area (Å²) in [5.41, 5.74) is 0. The minimum Gasteiger partial charge on any atom is -0.378 e. The standard InChI is InChI=1S/C16H21FN2O3S/c17-13-2-1-3-15(8-13)23(20,21)18-6-7-19-14(9-18)10-22-11-16(19)12-4-5-12/h1-3,8,12,14,16H,4-7,9-11H2/t14-,16-/m1/s1. The van der Waals surface area contributed by atoms with E-state index in [1.807, 2.05) is 0 Å². The Labute approximate surface area is 136 Å². The molecule has 1 aromatic rings. The maximum atomic E-state index is 13.4. The molecule has 2 aliphatic heterocycles. The Morgan fingerprint density at radius 3 is 2.74 bits per heavy atom. The van der Waals surface area contributed by atoms with Gasteiger partial charge in [-0.05, 0) is 37.0 Å². The zero-order valence-corrected chi connectivity index (χ0v) is 13.7. The van der Waals surface area contributed by atoms with E-state index >= 15 is 0 Å². The Kier molecular flexibility index (Phi) is 3.91. The van der Waals surface area contributed by atoms with Gasteiger partial charge in [-0.2, -0.15) is 4.31 Å². The molecule has 0 unspecified atom stereocenters. The number of sulfonamides is 1. The van der Waals surface area contributed by atoms with Crippen LogP contribution >= 0.6 is 0 Å². The van der Waals surface area contributed by atoms with Crippen molar-refractivity contribution in [1.29, 1.82) is 0 Å². The van der Waals surface area contributed by atoms with E-state index in [1.54, 1.807) is 0 Å². The summed E-state index contributed by atoms with van der Waals surface area (Å²) >= 11 is 0. The number of morpholine rings is 1. The van der Waals surface area contributed by atoms with Crippen molar-refractivity contribution < 1.29 is 17.5 Å². The number of ether oxygens (including phenoxy) is 1. The Hall–Kier alpha value is -1.02. The molecule has 0 radical (unpaired) electrons. The van der Waals surface area contributed by atoms with Crippen LogP contribution in [-0.4, -0.2) is 62.6 Å². The predicted molar refractivity (Wildman–Crippen MR) is 83.0 cm³/mol. The molecule has 0 aromatic heterocycles. The van der Waals surface area contributed by atoms with Crippen molar-refractivity contribution in [1.82, 2.24) is 9.21 Å². The summed E-state index contributed by atoms with van der Waals surface area (Å²) in [6.45, 7) is 2.93. The smallest absolute Gasteiger partial charge is 0.243 e. The van der Waals surface area contributed by atoms with E-state index in [2.05, 4.69) is 4.90 Å². The lowest BCUT2D eigenvalue weighted by Gasteiger charge is -2.47. The van der Waals surface area contributed by atoms with Gasteiger partial charge in [0.05, 0.1) is 18.1 Å². The van der Waals surface area contributed by atoms with E-state index in [4.69, 9.17) is 4.74 Å². The molecule has 2 heterocycles. The van der Waals surface area contributed by atoms with E-state index in [0.717, 1.165) is 19.2 Å². The fourth-order valence-electron chi connectivity index (χ4n) is 3.73. The molecule has 0 bridgehead atoms. The number of fused-ring (bicyclic) bond motifs is 1. The highest BCUT2D eigenvalue weighted by Crippen LogP contribution is 2.38. The largest absolute Gasteiger partial charge is 0.378 e. The van der Waals surface area contributed by atoms with Gasteiger partial charge in [-0.3, -0.25) is 4.90 Å². The van der Waals surface area contributed by atoms with Gasteiger partial charge in [0.15, 0.2) is 0 Å². The molecular weight excluding hydrogens is 319 g/mol. The summed E-state index contributed by atoms with van der Waals surface area (Å²) in [5, 5.41) is 0. The SMILES string of the molecule is O=S(=O)(c1cccc(F)c1)N1CCN2[C@@H](COC[C@@H]2C2CC2)C1. The first kappa shape index (κ1) is 15.5. The summed E-state index contributed by atoms with van der Waals surface area (Å²) in [5.74, 6) is 0.184. The van der Waals surface area contributed by atoms with Crippen LogP contribution in [0, 0.1) is 11.7 Å². The molecule has 0 amide bonds. The normalized spacial score (nSPS) is 30.1. The van der Waals surface area contributed by atoms with Crippen molar-refractivity contribution in [2.45, 2.75) is 29.8 Å². The Bertz CT molecular complexity index is 692. The van der Waals surface area contributed by atoms with Gasteiger partial charge in [0.25, 0.3) is 0 Å². The van der Waals surface area contributed by atoms with Crippen molar-refractivity contribution in [2.75, 3.05) is 32.8 Å². The molecule has 0 N–H and O–H groups in total. The monoisotopic (exact) mass is 340 g/mol. The minimum absolute atomic E-state index is 0.0291. The lowest BCUT2D eigenvalue weighted by atomic mass is 10.0. The number of piperazine rings is 1. The van der Waals surface area contributed by atoms with Crippen molar-refractivity contribution in [3.63, 3.8) is 0 Å². The third kappa shape index (κ3) is 2.91. The first-order chi connectivity index (χ1) is 11.1. The van der Waals surface area contributed by atoms with Gasteiger partial charge in [0.2, 0.25) is 10.0 Å². The fraction of sp³-hybridized carbons (Fsp3) is 0.625. The zero-order chi connectivity index (χ0) is 16.0. The van der Waals surface area contributed by atoms with Crippen molar-refractivity contribution >= 4 is 10.0 Å². The maximum absolute atomic E-state index is 13.4. The Morgan fingerprint density at radius 2 is 2.00 bits per heavy atom. The van der Waals surface area contributed by atoms with Gasteiger partial charge < -0.3 is 4.74 Å². The summed E-state index contributed by atoms with van der Waals surface area (Å²) in [4.78, 5) is 2.46. The minimum atomic E-state index is -3.65. The van der Waals surface area contributed by atoms with Crippen LogP contribution in [0.4, 0.5) is 4.39 Å². The molecule has 3 fully saturated rings. The van der Waals surface area contributed by atoms with Gasteiger partial charge in [0, 0.05) is 31.7 Å². The fourth-order valence-corrected chi connectivity index (χ4v) is 5.23. The second-order valence-corrected chi connectivity index (χ2v) is 8.59. The zero-order valence-electron chi connectivity index (χ0n) is 12.9. The molecule has 2 saturated heterocycles. The first-order valence-corrected chi connectivity index (χ1v) is 9.59. The molecule has 1 aromatic carbocycles. The van der Waals surface area contributed by atoms with Crippen LogP contribution in [0.3, 0.4) is 0 Å². The lowest BCUT2D eigenvalue weighted by molar-refractivity contribution is -0.0759. The molecule has 7 heteroatoms. The average molecular weight is 340 g/mol. The number of rotatable bonds is 3. The van der Waals surface area contributed by atoms with Gasteiger partial charge in [-0.25, -0.2) is 12.8 Å². The number of benzene rings is 1. The number of hydrogen-bond donors (Lipinski definition) is 0. The molecule has 23 heavy (non-hydrogen) atoms. The van der Waals surface area contributed by atoms with Crippen molar-refractivity contribution in [3.8, 4) is 0 Å². The van der Waals surface area contributed by atoms with Crippen LogP contribution in [0.15, 0.2) is 29.2 Å². The molecule has 3 aliphatic rings. The number of hydrogen-bond acceptors (Lipinski definition) is 4. The molecule has 4 rings (SSSR count). The van der Waals surface area contributed by atoms with Crippen LogP contribution in [-0.2, 0) is 14.8 Å². The quantitative estimate of drug-likeness (QED) is 0.832. The molecule has 2 atom stereocenters. The van der Waals surface area contributed by atoms with Gasteiger partial charge in [0.1, 0.15) is 5.82 Å². The summed E-state index contributed by atoms with van der Waals surface area (Å²) in [6.07, 6.45) is 2.51. The third-order valence-electron chi connectivity index (χ3n) is 5.12. The summed E-state index contributed by atoms with van der Waals surface area (Å²) < 4.78 is 46.0. The van der Waals surface area contributed by atoms with E-state index in [-0.39, 0.29) is 10.9 Å². The number of halogens is 1. The topological polar surface area (TPSA) is 49.9 Å². The molecule has 1 saturated carbocycles. The predicted octanol–water partition coefficient (Wildman–Crippen LogP) is 1.31. The molecule has 5 nitrogen and oxygen atoms in total. The Balaban J connectivity index is 1.53. The maximum Gasteiger partial charge on any atom is 0.243 e. The highest BCUT2D eigenvalue weighted by atomic mass is 32.2. The van der Waals surface area contributed by atoms with Crippen LogP contribution in [0.5, 0.6) is 0 Å². The molecular formula is C16H21FN2O3S. The van der Waals surface area contributed by atoms with Crippen molar-refractivity contribution in [2.24, 2.45) is 5.92 Å². The van der Waals surface area contributed by atoms with Gasteiger partial charge in [-0.15, -0.1) is 0 Å². The molecule has 126 valence electrons. The Morgan fingerprint density at radius 1 is 1.17 bits per heavy atom. The average Bonchev–Trinajstić information content (AvgIpc) is 3.38. The van der Waals surface area contributed by atoms with Crippen LogP contribution in [0.1, 0.15) is 12.8 Å². The van der Waals surface area contributed by atoms with Crippen LogP contribution < -0.4 is 0 Å². The first-order valence-electron chi connectivity index (χ1n) is 8.15. The summed E-state index contributed by atoms with van der Waals surface area (Å²) in [6, 6.07) is 5.78. The van der Waals surface area contributed by atoms with E-state index in [0.29, 0.717) is 31.7 Å². The van der Waals surface area contributed by atoms with E-state index in [1.165, 1.54) is 35.3 Å². The van der Waals surface area contributed by atoms with Crippen LogP contribution in [0.2, 0.25) is 0 Å². The molecule has 1 aliphatic carbocycles. The summed E-state index contributed by atoms with van der Waals surface area (Å²) in [7, 11) is -3.65.